The molecule has 9 heteroatoms. The first kappa shape index (κ1) is 18.2. The van der Waals surface area contributed by atoms with Crippen LogP contribution in [0, 0.1) is 0 Å². The molecule has 1 aromatic rings. The number of halogens is 1. The van der Waals surface area contributed by atoms with Gasteiger partial charge in [0.1, 0.15) is 0 Å². The minimum atomic E-state index is -0.350. The first-order valence-electron chi connectivity index (χ1n) is 6.67. The zero-order valence-corrected chi connectivity index (χ0v) is 12.8. The molecule has 8 nitrogen and oxygen atoms in total. The molecule has 0 bridgehead atoms. The highest BCUT2D eigenvalue weighted by Crippen LogP contribution is 2.15. The van der Waals surface area contributed by atoms with Crippen molar-refractivity contribution in [1.29, 1.82) is 0 Å². The summed E-state index contributed by atoms with van der Waals surface area (Å²) in [5, 5.41) is 3.43. The number of nitrogens with two attached hydrogens (primary N) is 1. The molecule has 0 aliphatic heterocycles. The normalized spacial score (nSPS) is 10.1. The van der Waals surface area contributed by atoms with Gasteiger partial charge in [0.15, 0.2) is 0 Å². The Balaban J connectivity index is 2.30. The minimum Gasteiger partial charge on any atom is -0.378 e. The second-order valence-corrected chi connectivity index (χ2v) is 4.55. The van der Waals surface area contributed by atoms with Crippen LogP contribution in [0.4, 0.5) is 5.69 Å². The third-order valence-electron chi connectivity index (χ3n) is 2.56. The van der Waals surface area contributed by atoms with Crippen molar-refractivity contribution >= 4 is 23.4 Å². The van der Waals surface area contributed by atoms with Crippen LogP contribution in [-0.4, -0.2) is 49.8 Å². The van der Waals surface area contributed by atoms with Gasteiger partial charge in [0.2, 0.25) is 0 Å². The van der Waals surface area contributed by atoms with E-state index in [0.29, 0.717) is 44.2 Å². The second-order valence-electron chi connectivity index (χ2n) is 4.14. The van der Waals surface area contributed by atoms with Gasteiger partial charge in [-0.25, -0.2) is 4.42 Å². The molecule has 2 N–H and O–H groups in total. The molecule has 1 amide bonds. The highest BCUT2D eigenvalue weighted by atomic mass is 35.5. The molecule has 0 spiro atoms. The van der Waals surface area contributed by atoms with E-state index in [0.717, 1.165) is 4.42 Å². The van der Waals surface area contributed by atoms with Crippen LogP contribution >= 0.6 is 11.8 Å². The lowest BCUT2D eigenvalue weighted by Crippen LogP contribution is -2.26. The molecular formula is C13H18ClN5O3. The van der Waals surface area contributed by atoms with Crippen LogP contribution in [0.15, 0.2) is 29.4 Å². The van der Waals surface area contributed by atoms with Crippen molar-refractivity contribution in [1.82, 2.24) is 4.42 Å². The maximum Gasteiger partial charge on any atom is 0.268 e. The van der Waals surface area contributed by atoms with Crippen molar-refractivity contribution in [3.8, 4) is 0 Å². The summed E-state index contributed by atoms with van der Waals surface area (Å²) in [5.74, 6) is -0.350. The number of benzene rings is 1. The zero-order valence-electron chi connectivity index (χ0n) is 12.0. The first-order chi connectivity index (χ1) is 10.7. The van der Waals surface area contributed by atoms with Crippen LogP contribution in [0.1, 0.15) is 10.4 Å². The lowest BCUT2D eigenvalue weighted by Gasteiger charge is -2.14. The van der Waals surface area contributed by atoms with Gasteiger partial charge in [0.25, 0.3) is 5.91 Å². The summed E-state index contributed by atoms with van der Waals surface area (Å²) in [6.45, 7) is 2.39. The Morgan fingerprint density at radius 1 is 1.23 bits per heavy atom. The van der Waals surface area contributed by atoms with E-state index in [2.05, 4.69) is 10.0 Å². The van der Waals surface area contributed by atoms with Crippen molar-refractivity contribution in [3.05, 3.63) is 40.3 Å². The highest BCUT2D eigenvalue weighted by Gasteiger charge is 2.13. The van der Waals surface area contributed by atoms with Gasteiger partial charge in [-0.2, -0.15) is 0 Å². The Bertz CT molecular complexity index is 505. The van der Waals surface area contributed by atoms with Crippen LogP contribution < -0.4 is 5.73 Å². The quantitative estimate of drug-likeness (QED) is 0.233. The van der Waals surface area contributed by atoms with Crippen molar-refractivity contribution in [2.45, 2.75) is 0 Å². The van der Waals surface area contributed by atoms with Gasteiger partial charge in [0, 0.05) is 34.5 Å². The number of amides is 1. The number of carbonyl (C=O) groups is 1. The number of hydrogen-bond donors (Lipinski definition) is 1. The smallest absolute Gasteiger partial charge is 0.268 e. The van der Waals surface area contributed by atoms with Gasteiger partial charge in [-0.05, 0) is 17.7 Å². The molecule has 0 aliphatic rings. The number of ether oxygens (including phenoxy) is 2. The number of hydrogen-bond acceptors (Lipinski definition) is 5. The molecule has 0 saturated carbocycles. The predicted octanol–water partition coefficient (Wildman–Crippen LogP) is 2.22. The molecule has 0 atom stereocenters. The van der Waals surface area contributed by atoms with Crippen LogP contribution in [0.25, 0.3) is 10.4 Å². The van der Waals surface area contributed by atoms with Crippen LogP contribution in [0.5, 0.6) is 0 Å². The minimum absolute atomic E-state index is 0.245. The molecule has 0 unspecified atom stereocenters. The van der Waals surface area contributed by atoms with E-state index < -0.39 is 0 Å². The Morgan fingerprint density at radius 2 is 1.86 bits per heavy atom. The second kappa shape index (κ2) is 10.8. The van der Waals surface area contributed by atoms with E-state index in [1.165, 1.54) is 0 Å². The van der Waals surface area contributed by atoms with Crippen molar-refractivity contribution in [3.63, 3.8) is 0 Å². The Morgan fingerprint density at radius 3 is 2.45 bits per heavy atom. The molecule has 0 saturated heterocycles. The maximum atomic E-state index is 12.0. The maximum absolute atomic E-state index is 12.0. The molecule has 0 aromatic heterocycles. The van der Waals surface area contributed by atoms with E-state index >= 15 is 0 Å². The van der Waals surface area contributed by atoms with E-state index in [4.69, 9.17) is 32.5 Å². The average Bonchev–Trinajstić information content (AvgIpc) is 2.54. The lowest BCUT2D eigenvalue weighted by molar-refractivity contribution is 0.0456. The zero-order chi connectivity index (χ0) is 16.2. The summed E-state index contributed by atoms with van der Waals surface area (Å²) in [6.07, 6.45) is 0. The number of rotatable bonds is 10. The number of carbonyl (C=O) groups excluding carboxylic acids is 1. The fourth-order valence-electron chi connectivity index (χ4n) is 1.51. The SMILES string of the molecule is [N-]=[N+]=Nc1ccc(C(=O)N(Cl)CCOCCOCCN)cc1. The molecule has 0 aliphatic carbocycles. The van der Waals surface area contributed by atoms with E-state index in [1.807, 2.05) is 0 Å². The molecule has 0 heterocycles. The van der Waals surface area contributed by atoms with Crippen molar-refractivity contribution in [2.24, 2.45) is 10.8 Å². The summed E-state index contributed by atoms with van der Waals surface area (Å²) in [7, 11) is 0. The first-order valence-corrected chi connectivity index (χ1v) is 7.01. The molecular weight excluding hydrogens is 310 g/mol. The Hall–Kier alpha value is -1.83. The predicted molar refractivity (Wildman–Crippen MR) is 82.8 cm³/mol. The highest BCUT2D eigenvalue weighted by molar-refractivity contribution is 6.24. The van der Waals surface area contributed by atoms with Crippen molar-refractivity contribution < 1.29 is 14.3 Å². The lowest BCUT2D eigenvalue weighted by atomic mass is 10.2. The van der Waals surface area contributed by atoms with Gasteiger partial charge < -0.3 is 15.2 Å². The van der Waals surface area contributed by atoms with E-state index in [9.17, 15) is 4.79 Å². The molecule has 1 rings (SSSR count). The summed E-state index contributed by atoms with van der Waals surface area (Å²) >= 11 is 5.90. The molecule has 0 fully saturated rings. The molecule has 1 aromatic carbocycles. The Labute approximate surface area is 133 Å². The fraction of sp³-hybridized carbons (Fsp3) is 0.462. The summed E-state index contributed by atoms with van der Waals surface area (Å²) < 4.78 is 11.5. The van der Waals surface area contributed by atoms with E-state index in [1.54, 1.807) is 24.3 Å². The van der Waals surface area contributed by atoms with Gasteiger partial charge >= 0.3 is 0 Å². The van der Waals surface area contributed by atoms with Crippen LogP contribution in [-0.2, 0) is 9.47 Å². The summed E-state index contributed by atoms with van der Waals surface area (Å²) in [6, 6.07) is 6.18. The number of azide groups is 1. The summed E-state index contributed by atoms with van der Waals surface area (Å²) in [5.41, 5.74) is 14.4. The fourth-order valence-corrected chi connectivity index (χ4v) is 1.68. The largest absolute Gasteiger partial charge is 0.378 e. The molecule has 120 valence electrons. The average molecular weight is 328 g/mol. The van der Waals surface area contributed by atoms with Crippen molar-refractivity contribution in [2.75, 3.05) is 39.5 Å². The van der Waals surface area contributed by atoms with Crippen LogP contribution in [0.2, 0.25) is 0 Å². The molecule has 22 heavy (non-hydrogen) atoms. The van der Waals surface area contributed by atoms with Gasteiger partial charge in [-0.1, -0.05) is 17.2 Å². The van der Waals surface area contributed by atoms with Gasteiger partial charge in [-0.3, -0.25) is 4.79 Å². The van der Waals surface area contributed by atoms with Gasteiger partial charge in [-0.15, -0.1) is 0 Å². The third kappa shape index (κ3) is 6.75. The van der Waals surface area contributed by atoms with Crippen LogP contribution in [0.3, 0.4) is 0 Å². The molecule has 0 radical (unpaired) electrons. The number of nitrogens with zero attached hydrogens (tertiary/aromatic N) is 4. The third-order valence-corrected chi connectivity index (χ3v) is 2.88. The monoisotopic (exact) mass is 327 g/mol. The summed E-state index contributed by atoms with van der Waals surface area (Å²) in [4.78, 5) is 14.7. The topological polar surface area (TPSA) is 114 Å². The Kier molecular flexibility index (Phi) is 8.97. The van der Waals surface area contributed by atoms with Gasteiger partial charge in [0.05, 0.1) is 33.0 Å². The standard InChI is InChI=1S/C13H18ClN5O3/c14-19(6-8-22-10-9-21-7-5-15)13(20)11-1-3-12(4-2-11)17-18-16/h1-4H,5-10,15H2. The van der Waals surface area contributed by atoms with E-state index in [-0.39, 0.29) is 12.5 Å².